The van der Waals surface area contributed by atoms with Gasteiger partial charge in [0.05, 0.1) is 5.69 Å². The zero-order valence-electron chi connectivity index (χ0n) is 9.43. The number of rotatable bonds is 3. The maximum atomic E-state index is 11.6. The fraction of sp³-hybridized carbons (Fsp3) is 0.167. The van der Waals surface area contributed by atoms with E-state index in [9.17, 15) is 4.79 Å². The van der Waals surface area contributed by atoms with Gasteiger partial charge in [0.25, 0.3) is 5.91 Å². The number of aryl methyl sites for hydroxylation is 1. The van der Waals surface area contributed by atoms with Crippen molar-refractivity contribution < 1.29 is 9.32 Å². The molecule has 2 aromatic rings. The third kappa shape index (κ3) is 2.84. The minimum Gasteiger partial charge on any atom is -0.399 e. The summed E-state index contributed by atoms with van der Waals surface area (Å²) in [5.41, 5.74) is 7.93. The minimum atomic E-state index is -0.284. The summed E-state index contributed by atoms with van der Waals surface area (Å²) in [5, 5.41) is 6.38. The molecule has 2 rings (SSSR count). The predicted molar refractivity (Wildman–Crippen MR) is 63.3 cm³/mol. The van der Waals surface area contributed by atoms with Crippen molar-refractivity contribution in [1.82, 2.24) is 10.5 Å². The monoisotopic (exact) mass is 231 g/mol. The molecule has 0 bridgehead atoms. The molecule has 1 aromatic carbocycles. The lowest BCUT2D eigenvalue weighted by Gasteiger charge is -2.03. The van der Waals surface area contributed by atoms with Crippen LogP contribution in [-0.2, 0) is 6.54 Å². The fourth-order valence-corrected chi connectivity index (χ4v) is 1.44. The van der Waals surface area contributed by atoms with Crippen LogP contribution in [0.5, 0.6) is 0 Å². The smallest absolute Gasteiger partial charge is 0.290 e. The molecule has 1 amide bonds. The third-order valence-corrected chi connectivity index (χ3v) is 2.26. The number of nitrogens with one attached hydrogen (secondary N) is 1. The molecule has 0 atom stereocenters. The lowest BCUT2D eigenvalue weighted by atomic mass is 10.2. The largest absolute Gasteiger partial charge is 0.399 e. The highest BCUT2D eigenvalue weighted by molar-refractivity contribution is 5.91. The molecule has 5 heteroatoms. The van der Waals surface area contributed by atoms with Gasteiger partial charge in [0.1, 0.15) is 0 Å². The Labute approximate surface area is 98.6 Å². The topological polar surface area (TPSA) is 81.2 Å². The van der Waals surface area contributed by atoms with E-state index in [1.54, 1.807) is 19.1 Å². The molecule has 3 N–H and O–H groups in total. The first-order chi connectivity index (χ1) is 8.15. The van der Waals surface area contributed by atoms with E-state index in [0.717, 1.165) is 5.56 Å². The van der Waals surface area contributed by atoms with Gasteiger partial charge in [-0.15, -0.1) is 0 Å². The average molecular weight is 231 g/mol. The summed E-state index contributed by atoms with van der Waals surface area (Å²) in [6.07, 6.45) is 0. The van der Waals surface area contributed by atoms with Gasteiger partial charge in [0, 0.05) is 18.3 Å². The molecule has 5 nitrogen and oxygen atoms in total. The number of anilines is 1. The number of amides is 1. The van der Waals surface area contributed by atoms with Gasteiger partial charge < -0.3 is 15.6 Å². The van der Waals surface area contributed by atoms with Gasteiger partial charge >= 0.3 is 0 Å². The van der Waals surface area contributed by atoms with Crippen molar-refractivity contribution in [1.29, 1.82) is 0 Å². The summed E-state index contributed by atoms with van der Waals surface area (Å²) in [5.74, 6) is -0.0700. The summed E-state index contributed by atoms with van der Waals surface area (Å²) >= 11 is 0. The second-order valence-corrected chi connectivity index (χ2v) is 3.76. The van der Waals surface area contributed by atoms with Crippen LogP contribution in [0.3, 0.4) is 0 Å². The van der Waals surface area contributed by atoms with Crippen LogP contribution >= 0.6 is 0 Å². The highest BCUT2D eigenvalue weighted by Gasteiger charge is 2.10. The van der Waals surface area contributed by atoms with Gasteiger partial charge in [0.2, 0.25) is 5.76 Å². The summed E-state index contributed by atoms with van der Waals surface area (Å²) < 4.78 is 4.85. The van der Waals surface area contributed by atoms with E-state index >= 15 is 0 Å². The first-order valence-electron chi connectivity index (χ1n) is 5.21. The molecule has 0 fully saturated rings. The van der Waals surface area contributed by atoms with Crippen molar-refractivity contribution in [3.63, 3.8) is 0 Å². The fourth-order valence-electron chi connectivity index (χ4n) is 1.44. The predicted octanol–water partition coefficient (Wildman–Crippen LogP) is 1.50. The minimum absolute atomic E-state index is 0.214. The van der Waals surface area contributed by atoms with Crippen LogP contribution in [0.1, 0.15) is 21.8 Å². The van der Waals surface area contributed by atoms with Crippen LogP contribution in [0.2, 0.25) is 0 Å². The number of nitrogen functional groups attached to an aromatic ring is 1. The van der Waals surface area contributed by atoms with E-state index in [1.807, 2.05) is 18.2 Å². The molecule has 0 unspecified atom stereocenters. The Bertz CT molecular complexity index is 534. The Balaban J connectivity index is 1.97. The van der Waals surface area contributed by atoms with E-state index in [-0.39, 0.29) is 11.7 Å². The second-order valence-electron chi connectivity index (χ2n) is 3.76. The molecule has 88 valence electrons. The van der Waals surface area contributed by atoms with E-state index < -0.39 is 0 Å². The number of nitrogens with two attached hydrogens (primary N) is 1. The summed E-state index contributed by atoms with van der Waals surface area (Å²) in [7, 11) is 0. The average Bonchev–Trinajstić information content (AvgIpc) is 2.73. The molecular formula is C12H13N3O2. The number of hydrogen-bond acceptors (Lipinski definition) is 4. The molecule has 0 saturated carbocycles. The van der Waals surface area contributed by atoms with E-state index in [1.165, 1.54) is 0 Å². The Morgan fingerprint density at radius 2 is 2.29 bits per heavy atom. The molecule has 1 aromatic heterocycles. The van der Waals surface area contributed by atoms with Gasteiger partial charge in [-0.3, -0.25) is 4.79 Å². The Morgan fingerprint density at radius 3 is 2.94 bits per heavy atom. The van der Waals surface area contributed by atoms with Crippen LogP contribution in [-0.4, -0.2) is 11.1 Å². The number of nitrogens with zero attached hydrogens (tertiary/aromatic N) is 1. The molecule has 0 aliphatic carbocycles. The van der Waals surface area contributed by atoms with Crippen LogP contribution in [0, 0.1) is 6.92 Å². The molecule has 0 aliphatic rings. The van der Waals surface area contributed by atoms with Crippen molar-refractivity contribution in [3.05, 3.63) is 47.3 Å². The Kier molecular flexibility index (Phi) is 3.09. The third-order valence-electron chi connectivity index (χ3n) is 2.26. The van der Waals surface area contributed by atoms with Crippen LogP contribution in [0.25, 0.3) is 0 Å². The van der Waals surface area contributed by atoms with Crippen LogP contribution in [0.15, 0.2) is 34.9 Å². The lowest BCUT2D eigenvalue weighted by molar-refractivity contribution is 0.0914. The molecule has 0 spiro atoms. The first kappa shape index (κ1) is 11.2. The maximum Gasteiger partial charge on any atom is 0.290 e. The maximum absolute atomic E-state index is 11.6. The van der Waals surface area contributed by atoms with Crippen molar-refractivity contribution in [3.8, 4) is 0 Å². The SMILES string of the molecule is Cc1cc(C(=O)NCc2cccc(N)c2)on1. The number of aromatic nitrogens is 1. The van der Waals surface area contributed by atoms with Crippen LogP contribution in [0.4, 0.5) is 5.69 Å². The van der Waals surface area contributed by atoms with Gasteiger partial charge in [-0.05, 0) is 24.6 Å². The van der Waals surface area contributed by atoms with Crippen molar-refractivity contribution in [2.75, 3.05) is 5.73 Å². The Morgan fingerprint density at radius 1 is 1.47 bits per heavy atom. The number of hydrogen-bond donors (Lipinski definition) is 2. The zero-order valence-corrected chi connectivity index (χ0v) is 9.43. The number of benzene rings is 1. The van der Waals surface area contributed by atoms with Crippen molar-refractivity contribution >= 4 is 11.6 Å². The van der Waals surface area contributed by atoms with Gasteiger partial charge in [-0.25, -0.2) is 0 Å². The lowest BCUT2D eigenvalue weighted by Crippen LogP contribution is -2.22. The molecule has 17 heavy (non-hydrogen) atoms. The number of carbonyl (C=O) groups is 1. The molecule has 0 saturated heterocycles. The molecule has 0 aliphatic heterocycles. The van der Waals surface area contributed by atoms with E-state index in [2.05, 4.69) is 10.5 Å². The van der Waals surface area contributed by atoms with Crippen molar-refractivity contribution in [2.24, 2.45) is 0 Å². The standard InChI is InChI=1S/C12H13N3O2/c1-8-5-11(17-15-8)12(16)14-7-9-3-2-4-10(13)6-9/h2-6H,7,13H2,1H3,(H,14,16). The van der Waals surface area contributed by atoms with E-state index in [0.29, 0.717) is 17.9 Å². The van der Waals surface area contributed by atoms with Crippen molar-refractivity contribution in [2.45, 2.75) is 13.5 Å². The van der Waals surface area contributed by atoms with Gasteiger partial charge in [0.15, 0.2) is 0 Å². The first-order valence-corrected chi connectivity index (χ1v) is 5.21. The highest BCUT2D eigenvalue weighted by Crippen LogP contribution is 2.07. The summed E-state index contributed by atoms with van der Waals surface area (Å²) in [6, 6.07) is 8.93. The molecular weight excluding hydrogens is 218 g/mol. The summed E-state index contributed by atoms with van der Waals surface area (Å²) in [4.78, 5) is 11.6. The normalized spacial score (nSPS) is 10.2. The van der Waals surface area contributed by atoms with Gasteiger partial charge in [-0.1, -0.05) is 17.3 Å². The summed E-state index contributed by atoms with van der Waals surface area (Å²) in [6.45, 7) is 2.17. The number of carbonyl (C=O) groups excluding carboxylic acids is 1. The highest BCUT2D eigenvalue weighted by atomic mass is 16.5. The quantitative estimate of drug-likeness (QED) is 0.784. The van der Waals surface area contributed by atoms with E-state index in [4.69, 9.17) is 10.3 Å². The Hall–Kier alpha value is -2.30. The molecule has 0 radical (unpaired) electrons. The molecule has 1 heterocycles. The van der Waals surface area contributed by atoms with Crippen LogP contribution < -0.4 is 11.1 Å². The van der Waals surface area contributed by atoms with Gasteiger partial charge in [-0.2, -0.15) is 0 Å². The second kappa shape index (κ2) is 4.69. The zero-order chi connectivity index (χ0) is 12.3.